The number of benzene rings is 1. The van der Waals surface area contributed by atoms with Crippen molar-refractivity contribution in [2.24, 2.45) is 0 Å². The first-order valence-electron chi connectivity index (χ1n) is 9.39. The average Bonchev–Trinajstić information content (AvgIpc) is 3.26. The molecule has 0 saturated heterocycles. The SMILES string of the molecule is CCn1c(COc2c(C)cccc2C)nnc1S[C@H](C)C(=O)Nc1nc(C)cs1. The third kappa shape index (κ3) is 5.16. The van der Waals surface area contributed by atoms with Crippen LogP contribution in [0.5, 0.6) is 5.75 Å². The molecular weight excluding hydrogens is 406 g/mol. The lowest BCUT2D eigenvalue weighted by atomic mass is 10.1. The Labute approximate surface area is 178 Å². The molecule has 0 fully saturated rings. The van der Waals surface area contributed by atoms with Gasteiger partial charge in [0.2, 0.25) is 5.91 Å². The van der Waals surface area contributed by atoms with E-state index < -0.39 is 0 Å². The third-order valence-corrected chi connectivity index (χ3v) is 6.32. The number of carbonyl (C=O) groups is 1. The maximum absolute atomic E-state index is 12.5. The van der Waals surface area contributed by atoms with Crippen LogP contribution in [0.25, 0.3) is 0 Å². The first-order valence-corrected chi connectivity index (χ1v) is 11.2. The largest absolute Gasteiger partial charge is 0.485 e. The second-order valence-electron chi connectivity index (χ2n) is 6.70. The number of hydrogen-bond acceptors (Lipinski definition) is 7. The molecule has 29 heavy (non-hydrogen) atoms. The van der Waals surface area contributed by atoms with Crippen molar-refractivity contribution in [1.82, 2.24) is 19.7 Å². The number of ether oxygens (including phenoxy) is 1. The number of nitrogens with one attached hydrogen (secondary N) is 1. The summed E-state index contributed by atoms with van der Waals surface area (Å²) < 4.78 is 8.01. The molecule has 0 radical (unpaired) electrons. The van der Waals surface area contributed by atoms with Crippen molar-refractivity contribution in [1.29, 1.82) is 0 Å². The van der Waals surface area contributed by atoms with Gasteiger partial charge in [0.1, 0.15) is 12.4 Å². The molecular formula is C20H25N5O2S2. The Morgan fingerprint density at radius 3 is 2.62 bits per heavy atom. The zero-order chi connectivity index (χ0) is 21.0. The molecule has 154 valence electrons. The van der Waals surface area contributed by atoms with Gasteiger partial charge in [-0.3, -0.25) is 4.79 Å². The van der Waals surface area contributed by atoms with Crippen molar-refractivity contribution in [2.45, 2.75) is 58.2 Å². The highest BCUT2D eigenvalue weighted by Gasteiger charge is 2.21. The van der Waals surface area contributed by atoms with Gasteiger partial charge >= 0.3 is 0 Å². The molecule has 2 heterocycles. The topological polar surface area (TPSA) is 81.9 Å². The Morgan fingerprint density at radius 2 is 2.00 bits per heavy atom. The second kappa shape index (κ2) is 9.41. The average molecular weight is 432 g/mol. The van der Waals surface area contributed by atoms with E-state index in [1.807, 2.05) is 62.8 Å². The number of aromatic nitrogens is 4. The molecule has 0 spiro atoms. The van der Waals surface area contributed by atoms with Crippen molar-refractivity contribution in [2.75, 3.05) is 5.32 Å². The van der Waals surface area contributed by atoms with Crippen LogP contribution in [0.4, 0.5) is 5.13 Å². The fourth-order valence-electron chi connectivity index (χ4n) is 2.82. The number of para-hydroxylation sites is 1. The molecule has 1 amide bonds. The number of carbonyl (C=O) groups excluding carboxylic acids is 1. The van der Waals surface area contributed by atoms with Gasteiger partial charge in [-0.1, -0.05) is 30.0 Å². The first-order chi connectivity index (χ1) is 13.9. The predicted octanol–water partition coefficient (Wildman–Crippen LogP) is 4.38. The number of amides is 1. The maximum Gasteiger partial charge on any atom is 0.239 e. The second-order valence-corrected chi connectivity index (χ2v) is 8.86. The van der Waals surface area contributed by atoms with Gasteiger partial charge in [0, 0.05) is 11.9 Å². The Morgan fingerprint density at radius 1 is 1.28 bits per heavy atom. The molecule has 0 aliphatic heterocycles. The molecule has 0 aliphatic carbocycles. The summed E-state index contributed by atoms with van der Waals surface area (Å²) in [5, 5.41) is 14.3. The lowest BCUT2D eigenvalue weighted by Crippen LogP contribution is -2.23. The highest BCUT2D eigenvalue weighted by atomic mass is 32.2. The minimum absolute atomic E-state index is 0.108. The summed E-state index contributed by atoms with van der Waals surface area (Å²) in [5.41, 5.74) is 3.07. The summed E-state index contributed by atoms with van der Waals surface area (Å²) in [7, 11) is 0. The van der Waals surface area contributed by atoms with Crippen molar-refractivity contribution in [3.05, 3.63) is 46.2 Å². The molecule has 3 rings (SSSR count). The standard InChI is InChI=1S/C20H25N5O2S2/c1-6-25-16(10-27-17-12(2)8-7-9-13(17)3)23-24-20(25)29-15(5)18(26)22-19-21-14(4)11-28-19/h7-9,11,15H,6,10H2,1-5H3,(H,21,22,26)/t15-/m1/s1. The Hall–Kier alpha value is -2.39. The van der Waals surface area contributed by atoms with Gasteiger partial charge in [0.05, 0.1) is 10.9 Å². The highest BCUT2D eigenvalue weighted by molar-refractivity contribution is 8.00. The molecule has 3 aromatic rings. The molecule has 7 nitrogen and oxygen atoms in total. The highest BCUT2D eigenvalue weighted by Crippen LogP contribution is 2.26. The van der Waals surface area contributed by atoms with Crippen molar-refractivity contribution in [3.63, 3.8) is 0 Å². The third-order valence-electron chi connectivity index (χ3n) is 4.36. The van der Waals surface area contributed by atoms with E-state index in [9.17, 15) is 4.79 Å². The normalized spacial score (nSPS) is 12.0. The van der Waals surface area contributed by atoms with Crippen LogP contribution < -0.4 is 10.1 Å². The van der Waals surface area contributed by atoms with Crippen molar-refractivity contribution < 1.29 is 9.53 Å². The van der Waals surface area contributed by atoms with Crippen LogP contribution in [0, 0.1) is 20.8 Å². The fourth-order valence-corrected chi connectivity index (χ4v) is 4.45. The van der Waals surface area contributed by atoms with Gasteiger partial charge in [0.15, 0.2) is 16.1 Å². The van der Waals surface area contributed by atoms with Crippen LogP contribution in [-0.4, -0.2) is 30.9 Å². The fraction of sp³-hybridized carbons (Fsp3) is 0.400. The zero-order valence-electron chi connectivity index (χ0n) is 17.2. The Bertz CT molecular complexity index is 978. The van der Waals surface area contributed by atoms with E-state index in [2.05, 4.69) is 20.5 Å². The molecule has 9 heteroatoms. The monoisotopic (exact) mass is 431 g/mol. The lowest BCUT2D eigenvalue weighted by molar-refractivity contribution is -0.115. The van der Waals surface area contributed by atoms with E-state index in [4.69, 9.17) is 4.74 Å². The van der Waals surface area contributed by atoms with Crippen LogP contribution in [0.2, 0.25) is 0 Å². The Kier molecular flexibility index (Phi) is 6.92. The molecule has 0 aliphatic rings. The van der Waals surface area contributed by atoms with Crippen LogP contribution >= 0.6 is 23.1 Å². The summed E-state index contributed by atoms with van der Waals surface area (Å²) in [6, 6.07) is 6.07. The molecule has 1 N–H and O–H groups in total. The molecule has 1 aromatic carbocycles. The number of rotatable bonds is 8. The maximum atomic E-state index is 12.5. The minimum Gasteiger partial charge on any atom is -0.485 e. The van der Waals surface area contributed by atoms with Crippen molar-refractivity contribution >= 4 is 34.1 Å². The number of hydrogen-bond donors (Lipinski definition) is 1. The van der Waals surface area contributed by atoms with Gasteiger partial charge < -0.3 is 14.6 Å². The molecule has 1 atom stereocenters. The molecule has 2 aromatic heterocycles. The molecule has 0 saturated carbocycles. The smallest absolute Gasteiger partial charge is 0.239 e. The number of anilines is 1. The van der Waals surface area contributed by atoms with E-state index in [1.54, 1.807) is 0 Å². The van der Waals surface area contributed by atoms with Crippen LogP contribution in [0.3, 0.4) is 0 Å². The number of thioether (sulfide) groups is 1. The molecule has 0 bridgehead atoms. The van der Waals surface area contributed by atoms with Gasteiger partial charge in [-0.05, 0) is 45.7 Å². The predicted molar refractivity (Wildman–Crippen MR) is 117 cm³/mol. The quantitative estimate of drug-likeness (QED) is 0.533. The van der Waals surface area contributed by atoms with Gasteiger partial charge in [-0.25, -0.2) is 4.98 Å². The van der Waals surface area contributed by atoms with E-state index in [0.29, 0.717) is 23.4 Å². The van der Waals surface area contributed by atoms with Gasteiger partial charge in [-0.2, -0.15) is 0 Å². The van der Waals surface area contributed by atoms with E-state index in [0.717, 1.165) is 28.4 Å². The van der Waals surface area contributed by atoms with Gasteiger partial charge in [0.25, 0.3) is 0 Å². The number of aryl methyl sites for hydroxylation is 3. The van der Waals surface area contributed by atoms with Crippen LogP contribution in [-0.2, 0) is 17.9 Å². The van der Waals surface area contributed by atoms with E-state index in [1.165, 1.54) is 23.1 Å². The van der Waals surface area contributed by atoms with Crippen molar-refractivity contribution in [3.8, 4) is 5.75 Å². The number of nitrogens with zero attached hydrogens (tertiary/aromatic N) is 4. The zero-order valence-corrected chi connectivity index (χ0v) is 18.9. The van der Waals surface area contributed by atoms with Gasteiger partial charge in [-0.15, -0.1) is 21.5 Å². The summed E-state index contributed by atoms with van der Waals surface area (Å²) in [4.78, 5) is 16.7. The van der Waals surface area contributed by atoms with E-state index >= 15 is 0 Å². The Balaban J connectivity index is 1.66. The lowest BCUT2D eigenvalue weighted by Gasteiger charge is -2.13. The first kappa shape index (κ1) is 21.3. The summed E-state index contributed by atoms with van der Waals surface area (Å²) in [5.74, 6) is 1.50. The number of thiazole rings is 1. The van der Waals surface area contributed by atoms with Crippen LogP contribution in [0.1, 0.15) is 36.5 Å². The van der Waals surface area contributed by atoms with Crippen LogP contribution in [0.15, 0.2) is 28.7 Å². The summed E-state index contributed by atoms with van der Waals surface area (Å²) >= 11 is 2.79. The molecule has 0 unspecified atom stereocenters. The van der Waals surface area contributed by atoms with E-state index in [-0.39, 0.29) is 11.2 Å². The summed E-state index contributed by atoms with van der Waals surface area (Å²) in [6.07, 6.45) is 0. The minimum atomic E-state index is -0.332. The summed E-state index contributed by atoms with van der Waals surface area (Å²) in [6.45, 7) is 10.8.